The molecule has 0 amide bonds. The molecular formula is C21H23FN2O2. The van der Waals surface area contributed by atoms with Crippen LogP contribution in [0.1, 0.15) is 29.6 Å². The van der Waals surface area contributed by atoms with Crippen LogP contribution in [0.2, 0.25) is 0 Å². The van der Waals surface area contributed by atoms with E-state index in [0.717, 1.165) is 50.7 Å². The molecule has 2 aromatic rings. The summed E-state index contributed by atoms with van der Waals surface area (Å²) < 4.78 is 24.6. The first-order valence-electron chi connectivity index (χ1n) is 9.42. The second kappa shape index (κ2) is 6.56. The highest BCUT2D eigenvalue weighted by Gasteiger charge is 2.44. The molecule has 1 fully saturated rings. The summed E-state index contributed by atoms with van der Waals surface area (Å²) in [6, 6.07) is 13.7. The number of benzene rings is 2. The van der Waals surface area contributed by atoms with Crippen LogP contribution in [-0.4, -0.2) is 49.2 Å². The number of halogens is 1. The van der Waals surface area contributed by atoms with Crippen molar-refractivity contribution in [2.75, 3.05) is 39.4 Å². The number of hydrogen-bond donors (Lipinski definition) is 0. The molecule has 0 aromatic heterocycles. The minimum absolute atomic E-state index is 0.233. The van der Waals surface area contributed by atoms with Gasteiger partial charge in [0.05, 0.1) is 6.61 Å². The van der Waals surface area contributed by atoms with Crippen LogP contribution in [0.4, 0.5) is 4.39 Å². The third-order valence-corrected chi connectivity index (χ3v) is 5.84. The molecule has 0 bridgehead atoms. The van der Waals surface area contributed by atoms with Crippen LogP contribution >= 0.6 is 0 Å². The van der Waals surface area contributed by atoms with Crippen molar-refractivity contribution >= 4 is 0 Å². The van der Waals surface area contributed by atoms with Gasteiger partial charge >= 0.3 is 0 Å². The Morgan fingerprint density at radius 1 is 1.08 bits per heavy atom. The van der Waals surface area contributed by atoms with Gasteiger partial charge in [-0.25, -0.2) is 4.39 Å². The van der Waals surface area contributed by atoms with Crippen LogP contribution in [-0.2, 0) is 0 Å². The van der Waals surface area contributed by atoms with E-state index in [1.54, 1.807) is 12.1 Å². The quantitative estimate of drug-likeness (QED) is 0.840. The molecule has 0 aliphatic carbocycles. The van der Waals surface area contributed by atoms with Crippen molar-refractivity contribution < 1.29 is 13.9 Å². The zero-order chi connectivity index (χ0) is 17.5. The second-order valence-corrected chi connectivity index (χ2v) is 7.27. The van der Waals surface area contributed by atoms with Gasteiger partial charge in [0.25, 0.3) is 0 Å². The van der Waals surface area contributed by atoms with E-state index in [1.807, 2.05) is 0 Å². The van der Waals surface area contributed by atoms with Gasteiger partial charge in [-0.05, 0) is 35.9 Å². The fourth-order valence-electron chi connectivity index (χ4n) is 4.62. The Bertz CT molecular complexity index is 795. The Balaban J connectivity index is 1.24. The van der Waals surface area contributed by atoms with Crippen LogP contribution in [0.3, 0.4) is 0 Å². The third-order valence-electron chi connectivity index (χ3n) is 5.84. The number of nitrogens with zero attached hydrogens (tertiary/aromatic N) is 2. The summed E-state index contributed by atoms with van der Waals surface area (Å²) in [4.78, 5) is 5.14. The predicted molar refractivity (Wildman–Crippen MR) is 97.1 cm³/mol. The summed E-state index contributed by atoms with van der Waals surface area (Å²) in [6.45, 7) is 5.50. The number of fused-ring (bicyclic) bond motifs is 3. The van der Waals surface area contributed by atoms with Gasteiger partial charge in [0.15, 0.2) is 0 Å². The second-order valence-electron chi connectivity index (χ2n) is 7.27. The van der Waals surface area contributed by atoms with Crippen molar-refractivity contribution in [3.05, 3.63) is 59.4 Å². The maximum absolute atomic E-state index is 13.0. The summed E-state index contributed by atoms with van der Waals surface area (Å²) in [6.07, 6.45) is 1.09. The standard InChI is InChI=1S/C21H23FN2O2/c22-15-4-6-16(7-5-15)25-13-11-23-9-10-24-18-8-12-26-20-3-1-2-17(21(18)20)19(24)14-23/h1-7,18-19H,8-14H2. The van der Waals surface area contributed by atoms with Gasteiger partial charge in [0.1, 0.15) is 23.9 Å². The highest BCUT2D eigenvalue weighted by molar-refractivity contribution is 5.49. The Morgan fingerprint density at radius 3 is 2.85 bits per heavy atom. The lowest BCUT2D eigenvalue weighted by Crippen LogP contribution is -2.48. The van der Waals surface area contributed by atoms with Crippen LogP contribution in [0.15, 0.2) is 42.5 Å². The summed E-state index contributed by atoms with van der Waals surface area (Å²) >= 11 is 0. The Kier molecular flexibility index (Phi) is 4.06. The van der Waals surface area contributed by atoms with Crippen molar-refractivity contribution in [1.82, 2.24) is 9.80 Å². The van der Waals surface area contributed by atoms with E-state index >= 15 is 0 Å². The molecule has 0 radical (unpaired) electrons. The van der Waals surface area contributed by atoms with Crippen molar-refractivity contribution in [2.24, 2.45) is 0 Å². The molecular weight excluding hydrogens is 331 g/mol. The van der Waals surface area contributed by atoms with Crippen LogP contribution in [0.5, 0.6) is 11.5 Å². The third kappa shape index (κ3) is 2.75. The van der Waals surface area contributed by atoms with Gasteiger partial charge in [-0.3, -0.25) is 9.80 Å². The van der Waals surface area contributed by atoms with E-state index < -0.39 is 0 Å². The average Bonchev–Trinajstić information content (AvgIpc) is 2.99. The molecule has 5 rings (SSSR count). The monoisotopic (exact) mass is 354 g/mol. The topological polar surface area (TPSA) is 24.9 Å². The summed E-state index contributed by atoms with van der Waals surface area (Å²) in [5.41, 5.74) is 2.87. The number of hydrogen-bond acceptors (Lipinski definition) is 4. The molecule has 3 aliphatic heterocycles. The minimum atomic E-state index is -0.233. The van der Waals surface area contributed by atoms with Gasteiger partial charge < -0.3 is 9.47 Å². The average molecular weight is 354 g/mol. The highest BCUT2D eigenvalue weighted by atomic mass is 19.1. The largest absolute Gasteiger partial charge is 0.493 e. The molecule has 4 nitrogen and oxygen atoms in total. The lowest BCUT2D eigenvalue weighted by Gasteiger charge is -2.40. The SMILES string of the molecule is Fc1ccc(OCCN2CCN3C(C2)c2cccc4c2C3CCO4)cc1. The fourth-order valence-corrected chi connectivity index (χ4v) is 4.62. The van der Waals surface area contributed by atoms with Gasteiger partial charge in [-0.2, -0.15) is 0 Å². The Morgan fingerprint density at radius 2 is 1.96 bits per heavy atom. The van der Waals surface area contributed by atoms with E-state index in [4.69, 9.17) is 9.47 Å². The fraction of sp³-hybridized carbons (Fsp3) is 0.429. The lowest BCUT2D eigenvalue weighted by atomic mass is 9.97. The molecule has 2 unspecified atom stereocenters. The molecule has 3 aliphatic rings. The highest BCUT2D eigenvalue weighted by Crippen LogP contribution is 2.50. The first kappa shape index (κ1) is 16.1. The van der Waals surface area contributed by atoms with Gasteiger partial charge in [-0.15, -0.1) is 0 Å². The first-order chi connectivity index (χ1) is 12.8. The maximum Gasteiger partial charge on any atom is 0.124 e. The van der Waals surface area contributed by atoms with Crippen molar-refractivity contribution in [2.45, 2.75) is 18.5 Å². The smallest absolute Gasteiger partial charge is 0.124 e. The lowest BCUT2D eigenvalue weighted by molar-refractivity contribution is 0.0393. The number of rotatable bonds is 4. The summed E-state index contributed by atoms with van der Waals surface area (Å²) in [5.74, 6) is 1.58. The molecule has 136 valence electrons. The molecule has 3 heterocycles. The first-order valence-corrected chi connectivity index (χ1v) is 9.42. The Hall–Kier alpha value is -2.11. The molecule has 0 N–H and O–H groups in total. The van der Waals surface area contributed by atoms with E-state index in [1.165, 1.54) is 23.3 Å². The van der Waals surface area contributed by atoms with Gasteiger partial charge in [-0.1, -0.05) is 12.1 Å². The van der Waals surface area contributed by atoms with Crippen molar-refractivity contribution in [1.29, 1.82) is 0 Å². The van der Waals surface area contributed by atoms with E-state index in [2.05, 4.69) is 28.0 Å². The van der Waals surface area contributed by atoms with E-state index in [9.17, 15) is 4.39 Å². The predicted octanol–water partition coefficient (Wildman–Crippen LogP) is 3.40. The number of piperazine rings is 1. The summed E-state index contributed by atoms with van der Waals surface area (Å²) in [7, 11) is 0. The zero-order valence-corrected chi connectivity index (χ0v) is 14.7. The molecule has 1 saturated heterocycles. The summed E-state index contributed by atoms with van der Waals surface area (Å²) in [5, 5.41) is 0. The van der Waals surface area contributed by atoms with E-state index in [0.29, 0.717) is 18.7 Å². The van der Waals surface area contributed by atoms with Crippen molar-refractivity contribution in [3.63, 3.8) is 0 Å². The minimum Gasteiger partial charge on any atom is -0.493 e. The normalized spacial score (nSPS) is 24.7. The van der Waals surface area contributed by atoms with Crippen LogP contribution < -0.4 is 9.47 Å². The van der Waals surface area contributed by atoms with Crippen molar-refractivity contribution in [3.8, 4) is 11.5 Å². The molecule has 0 spiro atoms. The van der Waals surface area contributed by atoms with Crippen LogP contribution in [0.25, 0.3) is 0 Å². The maximum atomic E-state index is 13.0. The van der Waals surface area contributed by atoms with Gasteiger partial charge in [0, 0.05) is 50.2 Å². The molecule has 26 heavy (non-hydrogen) atoms. The molecule has 5 heteroatoms. The van der Waals surface area contributed by atoms with Gasteiger partial charge in [0.2, 0.25) is 0 Å². The molecule has 2 aromatic carbocycles. The Labute approximate surface area is 153 Å². The number of ether oxygens (including phenoxy) is 2. The molecule has 2 atom stereocenters. The van der Waals surface area contributed by atoms with E-state index in [-0.39, 0.29) is 5.82 Å². The molecule has 0 saturated carbocycles. The zero-order valence-electron chi connectivity index (χ0n) is 14.7. The van der Waals surface area contributed by atoms with Crippen LogP contribution in [0, 0.1) is 5.82 Å².